The molecule has 2 saturated heterocycles. The Kier molecular flexibility index (Phi) is 3.03. The molecule has 3 atom stereocenters. The minimum absolute atomic E-state index is 0.122. The Balaban J connectivity index is 1.35. The number of amides is 1. The fraction of sp³-hybridized carbons (Fsp3) is 0.316. The second kappa shape index (κ2) is 5.24. The van der Waals surface area contributed by atoms with Gasteiger partial charge in [0.25, 0.3) is 5.91 Å². The van der Waals surface area contributed by atoms with E-state index in [1.165, 1.54) is 6.42 Å². The van der Waals surface area contributed by atoms with Crippen molar-refractivity contribution >= 4 is 16.8 Å². The van der Waals surface area contributed by atoms with Crippen LogP contribution in [0.4, 0.5) is 0 Å². The van der Waals surface area contributed by atoms with Gasteiger partial charge in [0.15, 0.2) is 5.76 Å². The topological polar surface area (TPSA) is 70.1 Å². The van der Waals surface area contributed by atoms with E-state index in [2.05, 4.69) is 21.7 Å². The van der Waals surface area contributed by atoms with Gasteiger partial charge in [-0.2, -0.15) is 0 Å². The molecule has 5 heteroatoms. The molecular formula is C19H19N3O2. The van der Waals surface area contributed by atoms with Crippen LogP contribution in [0.2, 0.25) is 0 Å². The van der Waals surface area contributed by atoms with Gasteiger partial charge in [0, 0.05) is 40.8 Å². The van der Waals surface area contributed by atoms with Crippen molar-refractivity contribution in [1.82, 2.24) is 15.6 Å². The van der Waals surface area contributed by atoms with E-state index in [1.54, 1.807) is 6.07 Å². The highest BCUT2D eigenvalue weighted by atomic mass is 16.3. The molecule has 3 unspecified atom stereocenters. The number of aromatic amines is 1. The quantitative estimate of drug-likeness (QED) is 0.694. The predicted octanol–water partition coefficient (Wildman–Crippen LogP) is 3.05. The van der Waals surface area contributed by atoms with Gasteiger partial charge in [0.1, 0.15) is 5.76 Å². The third kappa shape index (κ3) is 2.24. The summed E-state index contributed by atoms with van der Waals surface area (Å²) in [6.07, 6.45) is 5.31. The molecule has 0 saturated carbocycles. The number of nitrogens with one attached hydrogen (secondary N) is 3. The fourth-order valence-corrected chi connectivity index (χ4v) is 4.04. The Morgan fingerprint density at radius 2 is 2.12 bits per heavy atom. The molecule has 1 amide bonds. The maximum atomic E-state index is 12.5. The number of rotatable bonds is 3. The highest BCUT2D eigenvalue weighted by molar-refractivity contribution is 5.92. The molecule has 0 spiro atoms. The number of carbonyl (C=O) groups excluding carboxylic acids is 1. The molecular weight excluding hydrogens is 302 g/mol. The number of H-pyrrole nitrogens is 1. The summed E-state index contributed by atoms with van der Waals surface area (Å²) in [4.78, 5) is 15.6. The molecule has 3 aromatic rings. The number of fused-ring (bicyclic) bond motifs is 3. The monoisotopic (exact) mass is 321 g/mol. The Morgan fingerprint density at radius 3 is 2.96 bits per heavy atom. The summed E-state index contributed by atoms with van der Waals surface area (Å²) in [5.41, 5.74) is 2.06. The lowest BCUT2D eigenvalue weighted by Crippen LogP contribution is -2.42. The summed E-state index contributed by atoms with van der Waals surface area (Å²) in [6, 6.07) is 12.9. The Bertz CT molecular complexity index is 910. The van der Waals surface area contributed by atoms with Crippen LogP contribution in [0.5, 0.6) is 0 Å². The lowest BCUT2D eigenvalue weighted by Gasteiger charge is -2.20. The van der Waals surface area contributed by atoms with Gasteiger partial charge in [-0.15, -0.1) is 0 Å². The van der Waals surface area contributed by atoms with Gasteiger partial charge in [-0.25, -0.2) is 0 Å². The molecule has 2 bridgehead atoms. The molecule has 24 heavy (non-hydrogen) atoms. The first-order chi connectivity index (χ1) is 11.8. The number of furan rings is 1. The Labute approximate surface area is 139 Å². The van der Waals surface area contributed by atoms with Crippen LogP contribution in [0.1, 0.15) is 29.8 Å². The number of hydrogen-bond acceptors (Lipinski definition) is 3. The number of benzene rings is 1. The normalized spacial score (nSPS) is 25.4. The van der Waals surface area contributed by atoms with Crippen LogP contribution in [-0.2, 0) is 0 Å². The zero-order chi connectivity index (χ0) is 16.1. The van der Waals surface area contributed by atoms with Crippen LogP contribution in [0.25, 0.3) is 22.2 Å². The summed E-state index contributed by atoms with van der Waals surface area (Å²) in [7, 11) is 0. The van der Waals surface area contributed by atoms with Gasteiger partial charge < -0.3 is 20.0 Å². The van der Waals surface area contributed by atoms with Crippen LogP contribution in [0.15, 0.2) is 47.0 Å². The van der Waals surface area contributed by atoms with Crippen LogP contribution >= 0.6 is 0 Å². The maximum absolute atomic E-state index is 12.5. The summed E-state index contributed by atoms with van der Waals surface area (Å²) in [5.74, 6) is 0.972. The second-order valence-electron chi connectivity index (χ2n) is 6.81. The van der Waals surface area contributed by atoms with Crippen molar-refractivity contribution in [3.8, 4) is 11.3 Å². The molecule has 0 aliphatic carbocycles. The van der Waals surface area contributed by atoms with E-state index >= 15 is 0 Å². The lowest BCUT2D eigenvalue weighted by molar-refractivity contribution is 0.0903. The average Bonchev–Trinajstić information content (AvgIpc) is 3.36. The van der Waals surface area contributed by atoms with Gasteiger partial charge in [-0.05, 0) is 55.7 Å². The first-order valence-corrected chi connectivity index (χ1v) is 8.50. The Hall–Kier alpha value is -2.53. The zero-order valence-corrected chi connectivity index (χ0v) is 13.2. The zero-order valence-electron chi connectivity index (χ0n) is 13.2. The average molecular weight is 321 g/mol. The van der Waals surface area contributed by atoms with Crippen LogP contribution < -0.4 is 10.6 Å². The highest BCUT2D eigenvalue weighted by Crippen LogP contribution is 2.29. The maximum Gasteiger partial charge on any atom is 0.287 e. The van der Waals surface area contributed by atoms with Crippen molar-refractivity contribution in [2.75, 3.05) is 0 Å². The third-order valence-corrected chi connectivity index (χ3v) is 5.28. The molecule has 0 radical (unpaired) electrons. The minimum atomic E-state index is -0.122. The van der Waals surface area contributed by atoms with Crippen LogP contribution in [0, 0.1) is 0 Å². The van der Waals surface area contributed by atoms with Crippen molar-refractivity contribution in [2.45, 2.75) is 37.4 Å². The van der Waals surface area contributed by atoms with Gasteiger partial charge >= 0.3 is 0 Å². The molecule has 4 heterocycles. The third-order valence-electron chi connectivity index (χ3n) is 5.28. The standard InChI is InChI=1S/C19H19N3O2/c23-19(22-16-10-13-2-4-15(16)21-13)18-6-5-17(24-18)12-1-3-14-11(9-12)7-8-20-14/h1,3,5-9,13,15-16,20-21H,2,4,10H2,(H,22,23). The van der Waals surface area contributed by atoms with Crippen LogP contribution in [0.3, 0.4) is 0 Å². The molecule has 1 aromatic carbocycles. The van der Waals surface area contributed by atoms with Gasteiger partial charge in [-0.3, -0.25) is 4.79 Å². The van der Waals surface area contributed by atoms with Crippen molar-refractivity contribution in [2.24, 2.45) is 0 Å². The van der Waals surface area contributed by atoms with E-state index in [4.69, 9.17) is 4.42 Å². The van der Waals surface area contributed by atoms with Gasteiger partial charge in [-0.1, -0.05) is 0 Å². The summed E-state index contributed by atoms with van der Waals surface area (Å²) < 4.78 is 5.80. The van der Waals surface area contributed by atoms with Gasteiger partial charge in [0.05, 0.1) is 0 Å². The van der Waals surface area contributed by atoms with Crippen molar-refractivity contribution in [3.63, 3.8) is 0 Å². The first-order valence-electron chi connectivity index (χ1n) is 8.50. The Morgan fingerprint density at radius 1 is 1.17 bits per heavy atom. The van der Waals surface area contributed by atoms with E-state index in [1.807, 2.05) is 30.5 Å². The van der Waals surface area contributed by atoms with Crippen molar-refractivity contribution in [3.05, 3.63) is 48.4 Å². The summed E-state index contributed by atoms with van der Waals surface area (Å²) in [5, 5.41) is 7.78. The summed E-state index contributed by atoms with van der Waals surface area (Å²) in [6.45, 7) is 0. The molecule has 5 nitrogen and oxygen atoms in total. The van der Waals surface area contributed by atoms with Gasteiger partial charge in [0.2, 0.25) is 0 Å². The van der Waals surface area contributed by atoms with E-state index in [0.29, 0.717) is 23.6 Å². The molecule has 2 aliphatic heterocycles. The molecule has 2 fully saturated rings. The first kappa shape index (κ1) is 13.9. The molecule has 2 aromatic heterocycles. The van der Waals surface area contributed by atoms with Crippen molar-refractivity contribution in [1.29, 1.82) is 0 Å². The fourth-order valence-electron chi connectivity index (χ4n) is 4.04. The predicted molar refractivity (Wildman–Crippen MR) is 91.8 cm³/mol. The SMILES string of the molecule is O=C(NC1CC2CCC1N2)c1ccc(-c2ccc3[nH]ccc3c2)o1. The lowest BCUT2D eigenvalue weighted by atomic mass is 9.95. The van der Waals surface area contributed by atoms with E-state index in [0.717, 1.165) is 29.3 Å². The summed E-state index contributed by atoms with van der Waals surface area (Å²) >= 11 is 0. The molecule has 3 N–H and O–H groups in total. The van der Waals surface area contributed by atoms with Crippen LogP contribution in [-0.4, -0.2) is 29.0 Å². The second-order valence-corrected chi connectivity index (χ2v) is 6.81. The highest BCUT2D eigenvalue weighted by Gasteiger charge is 2.39. The molecule has 5 rings (SSSR count). The molecule has 2 aliphatic rings. The van der Waals surface area contributed by atoms with E-state index < -0.39 is 0 Å². The number of hydrogen-bond donors (Lipinski definition) is 3. The van der Waals surface area contributed by atoms with E-state index in [-0.39, 0.29) is 11.9 Å². The molecule has 122 valence electrons. The largest absolute Gasteiger partial charge is 0.451 e. The van der Waals surface area contributed by atoms with E-state index in [9.17, 15) is 4.79 Å². The number of aromatic nitrogens is 1. The smallest absolute Gasteiger partial charge is 0.287 e. The minimum Gasteiger partial charge on any atom is -0.451 e. The van der Waals surface area contributed by atoms with Crippen molar-refractivity contribution < 1.29 is 9.21 Å². The number of carbonyl (C=O) groups is 1.